The molecule has 3 aliphatic rings. The van der Waals surface area contributed by atoms with Crippen molar-refractivity contribution in [3.8, 4) is 5.75 Å². The van der Waals surface area contributed by atoms with Crippen molar-refractivity contribution in [3.05, 3.63) is 24.3 Å². The fraction of sp³-hybridized carbons (Fsp3) is 0.714. The molecular weight excluding hydrogens is 426 g/mol. The van der Waals surface area contributed by atoms with Gasteiger partial charge in [0.2, 0.25) is 11.8 Å². The van der Waals surface area contributed by atoms with E-state index in [0.717, 1.165) is 88.9 Å². The number of rotatable bonds is 7. The first-order chi connectivity index (χ1) is 16.6. The first kappa shape index (κ1) is 25.0. The molecule has 188 valence electrons. The number of methoxy groups -OCH3 is 1. The van der Waals surface area contributed by atoms with Crippen molar-refractivity contribution >= 4 is 17.5 Å². The highest BCUT2D eigenvalue weighted by Crippen LogP contribution is 2.32. The van der Waals surface area contributed by atoms with Crippen LogP contribution in [0.4, 0.5) is 5.69 Å². The SMILES string of the molecule is COc1ccccc1N1CCNC(CC(C)N(C(=O)C2CCCCC2)C(=O)C2CCCCC2)C1. The molecule has 0 bridgehead atoms. The summed E-state index contributed by atoms with van der Waals surface area (Å²) in [5.74, 6) is 1.12. The van der Waals surface area contributed by atoms with E-state index < -0.39 is 0 Å². The summed E-state index contributed by atoms with van der Waals surface area (Å²) < 4.78 is 5.59. The van der Waals surface area contributed by atoms with Crippen LogP contribution in [0.1, 0.15) is 77.6 Å². The Balaban J connectivity index is 1.47. The molecule has 2 saturated carbocycles. The second-order valence-corrected chi connectivity index (χ2v) is 10.6. The molecule has 3 fully saturated rings. The van der Waals surface area contributed by atoms with E-state index in [-0.39, 0.29) is 35.7 Å². The molecular formula is C28H43N3O3. The van der Waals surface area contributed by atoms with Gasteiger partial charge in [0, 0.05) is 43.6 Å². The average molecular weight is 470 g/mol. The van der Waals surface area contributed by atoms with E-state index in [9.17, 15) is 9.59 Å². The zero-order chi connectivity index (χ0) is 23.9. The summed E-state index contributed by atoms with van der Waals surface area (Å²) in [6.07, 6.45) is 11.4. The van der Waals surface area contributed by atoms with E-state index in [2.05, 4.69) is 23.2 Å². The highest BCUT2D eigenvalue weighted by atomic mass is 16.5. The second-order valence-electron chi connectivity index (χ2n) is 10.6. The fourth-order valence-corrected chi connectivity index (χ4v) is 6.25. The Morgan fingerprint density at radius 2 is 1.59 bits per heavy atom. The maximum absolute atomic E-state index is 13.7. The number of hydrogen-bond acceptors (Lipinski definition) is 5. The Morgan fingerprint density at radius 3 is 2.18 bits per heavy atom. The summed E-state index contributed by atoms with van der Waals surface area (Å²) in [6.45, 7) is 4.72. The van der Waals surface area contributed by atoms with E-state index in [4.69, 9.17) is 4.74 Å². The van der Waals surface area contributed by atoms with Crippen LogP contribution in [0, 0.1) is 11.8 Å². The first-order valence-electron chi connectivity index (χ1n) is 13.6. The van der Waals surface area contributed by atoms with E-state index in [1.165, 1.54) is 12.8 Å². The molecule has 2 amide bonds. The minimum Gasteiger partial charge on any atom is -0.495 e. The molecule has 1 N–H and O–H groups in total. The number of benzene rings is 1. The smallest absolute Gasteiger partial charge is 0.232 e. The molecule has 6 nitrogen and oxygen atoms in total. The van der Waals surface area contributed by atoms with Crippen LogP contribution in [0.15, 0.2) is 24.3 Å². The quantitative estimate of drug-likeness (QED) is 0.583. The minimum absolute atomic E-state index is 0.0214. The number of anilines is 1. The number of nitrogens with one attached hydrogen (secondary N) is 1. The number of ether oxygens (including phenoxy) is 1. The Hall–Kier alpha value is -2.08. The van der Waals surface area contributed by atoms with Crippen LogP contribution in [0.25, 0.3) is 0 Å². The van der Waals surface area contributed by atoms with Crippen molar-refractivity contribution in [1.82, 2.24) is 10.2 Å². The fourth-order valence-electron chi connectivity index (χ4n) is 6.25. The molecule has 4 rings (SSSR count). The second kappa shape index (κ2) is 12.1. The van der Waals surface area contributed by atoms with E-state index >= 15 is 0 Å². The van der Waals surface area contributed by atoms with Crippen LogP contribution in [-0.2, 0) is 9.59 Å². The van der Waals surface area contributed by atoms with Gasteiger partial charge in [0.05, 0.1) is 12.8 Å². The van der Waals surface area contributed by atoms with Gasteiger partial charge in [0.25, 0.3) is 0 Å². The summed E-state index contributed by atoms with van der Waals surface area (Å²) in [6, 6.07) is 8.27. The third-order valence-electron chi connectivity index (χ3n) is 8.13. The van der Waals surface area contributed by atoms with E-state index in [1.54, 1.807) is 12.0 Å². The minimum atomic E-state index is -0.0982. The third kappa shape index (κ3) is 5.94. The maximum Gasteiger partial charge on any atom is 0.232 e. The predicted octanol–water partition coefficient (Wildman–Crippen LogP) is 4.77. The molecule has 1 aromatic rings. The monoisotopic (exact) mass is 469 g/mol. The lowest BCUT2D eigenvalue weighted by molar-refractivity contribution is -0.154. The largest absolute Gasteiger partial charge is 0.495 e. The molecule has 1 heterocycles. The number of hydrogen-bond donors (Lipinski definition) is 1. The van der Waals surface area contributed by atoms with Crippen LogP contribution in [0.5, 0.6) is 5.75 Å². The molecule has 1 aromatic carbocycles. The van der Waals surface area contributed by atoms with Crippen LogP contribution in [0.2, 0.25) is 0 Å². The molecule has 6 heteroatoms. The molecule has 2 atom stereocenters. The number of carbonyl (C=O) groups is 2. The van der Waals surface area contributed by atoms with Crippen molar-refractivity contribution < 1.29 is 14.3 Å². The van der Waals surface area contributed by atoms with Gasteiger partial charge in [-0.2, -0.15) is 0 Å². The average Bonchev–Trinajstić information content (AvgIpc) is 2.89. The highest BCUT2D eigenvalue weighted by Gasteiger charge is 2.38. The van der Waals surface area contributed by atoms with Crippen molar-refractivity contribution in [2.24, 2.45) is 11.8 Å². The normalized spacial score (nSPS) is 23.4. The van der Waals surface area contributed by atoms with Gasteiger partial charge >= 0.3 is 0 Å². The van der Waals surface area contributed by atoms with Crippen LogP contribution in [-0.4, -0.2) is 55.5 Å². The van der Waals surface area contributed by atoms with Gasteiger partial charge < -0.3 is 15.0 Å². The van der Waals surface area contributed by atoms with Crippen molar-refractivity contribution in [1.29, 1.82) is 0 Å². The Kier molecular flexibility index (Phi) is 8.87. The summed E-state index contributed by atoms with van der Waals surface area (Å²) in [5, 5.41) is 3.65. The number of imide groups is 1. The predicted molar refractivity (Wildman–Crippen MR) is 136 cm³/mol. The molecule has 2 unspecified atom stereocenters. The maximum atomic E-state index is 13.7. The molecule has 34 heavy (non-hydrogen) atoms. The van der Waals surface area contributed by atoms with Crippen molar-refractivity contribution in [2.45, 2.75) is 89.6 Å². The number of para-hydroxylation sites is 2. The molecule has 0 spiro atoms. The van der Waals surface area contributed by atoms with Crippen molar-refractivity contribution in [3.63, 3.8) is 0 Å². The Labute approximate surface area is 205 Å². The number of amides is 2. The number of nitrogens with zero attached hydrogens (tertiary/aromatic N) is 2. The third-order valence-corrected chi connectivity index (χ3v) is 8.13. The van der Waals surface area contributed by atoms with Gasteiger partial charge in [-0.05, 0) is 51.2 Å². The van der Waals surface area contributed by atoms with Crippen LogP contribution >= 0.6 is 0 Å². The van der Waals surface area contributed by atoms with Crippen molar-refractivity contribution in [2.75, 3.05) is 31.6 Å². The van der Waals surface area contributed by atoms with Gasteiger partial charge in [0.1, 0.15) is 5.75 Å². The zero-order valence-electron chi connectivity index (χ0n) is 21.1. The number of carbonyl (C=O) groups excluding carboxylic acids is 2. The molecule has 2 aliphatic carbocycles. The highest BCUT2D eigenvalue weighted by molar-refractivity contribution is 5.97. The van der Waals surface area contributed by atoms with E-state index in [0.29, 0.717) is 0 Å². The first-order valence-corrected chi connectivity index (χ1v) is 13.6. The molecule has 0 aromatic heterocycles. The lowest BCUT2D eigenvalue weighted by atomic mass is 9.85. The van der Waals surface area contributed by atoms with Crippen LogP contribution in [0.3, 0.4) is 0 Å². The summed E-state index contributed by atoms with van der Waals surface area (Å²) in [7, 11) is 1.71. The van der Waals surface area contributed by atoms with Gasteiger partial charge in [-0.1, -0.05) is 50.7 Å². The molecule has 0 radical (unpaired) electrons. The van der Waals surface area contributed by atoms with Gasteiger partial charge in [-0.3, -0.25) is 14.5 Å². The number of piperazine rings is 1. The van der Waals surface area contributed by atoms with Gasteiger partial charge in [-0.15, -0.1) is 0 Å². The Morgan fingerprint density at radius 1 is 1.00 bits per heavy atom. The molecule has 1 aliphatic heterocycles. The topological polar surface area (TPSA) is 61.9 Å². The molecule has 1 saturated heterocycles. The summed E-state index contributed by atoms with van der Waals surface area (Å²) >= 11 is 0. The zero-order valence-corrected chi connectivity index (χ0v) is 21.1. The lowest BCUT2D eigenvalue weighted by Gasteiger charge is -2.40. The Bertz CT molecular complexity index is 787. The van der Waals surface area contributed by atoms with Crippen LogP contribution < -0.4 is 15.0 Å². The lowest BCUT2D eigenvalue weighted by Crippen LogP contribution is -2.55. The standard InChI is InChI=1S/C28H43N3O3/c1-21(19-24-20-30(18-17-29-24)25-15-9-10-16-26(25)34-2)31(27(32)22-11-5-3-6-12-22)28(33)23-13-7-4-8-14-23/h9-10,15-16,21-24,29H,3-8,11-14,17-20H2,1-2H3. The summed E-state index contributed by atoms with van der Waals surface area (Å²) in [4.78, 5) is 31.5. The summed E-state index contributed by atoms with van der Waals surface area (Å²) in [5.41, 5.74) is 1.11. The van der Waals surface area contributed by atoms with Gasteiger partial charge in [0.15, 0.2) is 0 Å². The van der Waals surface area contributed by atoms with Gasteiger partial charge in [-0.25, -0.2) is 0 Å². The van der Waals surface area contributed by atoms with E-state index in [1.807, 2.05) is 18.2 Å².